The monoisotopic (exact) mass is 305 g/mol. The second-order valence-electron chi connectivity index (χ2n) is 6.21. The first kappa shape index (κ1) is 15.5. The first-order valence-electron chi connectivity index (χ1n) is 8.37. The minimum absolute atomic E-state index is 0.0450. The smallest absolute Gasteiger partial charge is 0.230 e. The van der Waals surface area contributed by atoms with Crippen LogP contribution in [0.3, 0.4) is 0 Å². The number of para-hydroxylation sites is 1. The van der Waals surface area contributed by atoms with E-state index in [9.17, 15) is 4.79 Å². The molecule has 0 radical (unpaired) electrons. The van der Waals surface area contributed by atoms with Crippen LogP contribution in [0.1, 0.15) is 43.4 Å². The molecule has 1 atom stereocenters. The summed E-state index contributed by atoms with van der Waals surface area (Å²) >= 11 is 0. The average Bonchev–Trinajstić information content (AvgIpc) is 2.56. The van der Waals surface area contributed by atoms with Crippen molar-refractivity contribution in [1.82, 2.24) is 0 Å². The zero-order valence-corrected chi connectivity index (χ0v) is 13.8. The van der Waals surface area contributed by atoms with Crippen molar-refractivity contribution in [2.45, 2.75) is 33.2 Å². The van der Waals surface area contributed by atoms with Crippen molar-refractivity contribution in [2.24, 2.45) is 5.92 Å². The standard InChI is InChI=1S/C21H23NO/c1-3-8-16(2)21(23)22-15-19-11-5-4-9-17(19)13-14-18-10-6-7-12-20(18)22/h4-7,9-14,16H,3,8,15H2,1-2H3/b14-13-. The Bertz CT molecular complexity index is 732. The SMILES string of the molecule is CCCC(C)C(=O)N1Cc2ccccc2/C=C\c2ccccc21. The lowest BCUT2D eigenvalue weighted by atomic mass is 9.98. The van der Waals surface area contributed by atoms with Gasteiger partial charge in [0.15, 0.2) is 0 Å². The average molecular weight is 305 g/mol. The fourth-order valence-electron chi connectivity index (χ4n) is 3.17. The molecule has 3 rings (SSSR count). The number of anilines is 1. The van der Waals surface area contributed by atoms with Crippen LogP contribution in [0.15, 0.2) is 48.5 Å². The zero-order valence-electron chi connectivity index (χ0n) is 13.8. The summed E-state index contributed by atoms with van der Waals surface area (Å²) in [6.07, 6.45) is 6.21. The quantitative estimate of drug-likeness (QED) is 0.769. The maximum Gasteiger partial charge on any atom is 0.230 e. The molecule has 2 aromatic rings. The van der Waals surface area contributed by atoms with Gasteiger partial charge in [-0.15, -0.1) is 0 Å². The number of carbonyl (C=O) groups is 1. The molecule has 2 heteroatoms. The molecule has 23 heavy (non-hydrogen) atoms. The predicted octanol–water partition coefficient (Wildman–Crippen LogP) is 5.14. The molecule has 2 nitrogen and oxygen atoms in total. The van der Waals surface area contributed by atoms with Gasteiger partial charge in [0.1, 0.15) is 0 Å². The van der Waals surface area contributed by atoms with Gasteiger partial charge in [-0.05, 0) is 29.2 Å². The Morgan fingerprint density at radius 3 is 2.48 bits per heavy atom. The van der Waals surface area contributed by atoms with Gasteiger partial charge in [0.05, 0.1) is 12.2 Å². The Kier molecular flexibility index (Phi) is 4.61. The molecular weight excluding hydrogens is 282 g/mol. The van der Waals surface area contributed by atoms with Gasteiger partial charge in [0.25, 0.3) is 0 Å². The summed E-state index contributed by atoms with van der Waals surface area (Å²) in [7, 11) is 0. The number of nitrogens with zero attached hydrogens (tertiary/aromatic N) is 1. The van der Waals surface area contributed by atoms with E-state index >= 15 is 0 Å². The van der Waals surface area contributed by atoms with Crippen LogP contribution in [0.5, 0.6) is 0 Å². The van der Waals surface area contributed by atoms with Crippen LogP contribution in [-0.2, 0) is 11.3 Å². The van der Waals surface area contributed by atoms with Crippen LogP contribution in [0.2, 0.25) is 0 Å². The molecule has 0 saturated heterocycles. The first-order chi connectivity index (χ1) is 11.2. The molecule has 118 valence electrons. The van der Waals surface area contributed by atoms with Crippen molar-refractivity contribution in [2.75, 3.05) is 4.90 Å². The minimum Gasteiger partial charge on any atom is -0.307 e. The summed E-state index contributed by atoms with van der Waals surface area (Å²) in [5, 5.41) is 0. The molecule has 0 N–H and O–H groups in total. The number of carbonyl (C=O) groups excluding carboxylic acids is 1. The van der Waals surface area contributed by atoms with E-state index in [0.717, 1.165) is 24.1 Å². The van der Waals surface area contributed by atoms with E-state index in [4.69, 9.17) is 0 Å². The van der Waals surface area contributed by atoms with Gasteiger partial charge < -0.3 is 4.90 Å². The van der Waals surface area contributed by atoms with Crippen molar-refractivity contribution in [3.05, 3.63) is 65.2 Å². The largest absolute Gasteiger partial charge is 0.307 e. The molecule has 0 aliphatic carbocycles. The fourth-order valence-corrected chi connectivity index (χ4v) is 3.17. The maximum absolute atomic E-state index is 13.0. The summed E-state index contributed by atoms with van der Waals surface area (Å²) in [5.41, 5.74) is 4.48. The van der Waals surface area contributed by atoms with E-state index < -0.39 is 0 Å². The van der Waals surface area contributed by atoms with Gasteiger partial charge in [-0.3, -0.25) is 4.79 Å². The van der Waals surface area contributed by atoms with E-state index in [0.29, 0.717) is 6.54 Å². The Labute approximate surface area is 138 Å². The number of hydrogen-bond donors (Lipinski definition) is 0. The molecule has 0 aromatic heterocycles. The number of hydrogen-bond acceptors (Lipinski definition) is 1. The lowest BCUT2D eigenvalue weighted by Gasteiger charge is -2.29. The van der Waals surface area contributed by atoms with Gasteiger partial charge in [0.2, 0.25) is 5.91 Å². The van der Waals surface area contributed by atoms with Gasteiger partial charge in [-0.25, -0.2) is 0 Å². The molecule has 0 bridgehead atoms. The second-order valence-corrected chi connectivity index (χ2v) is 6.21. The van der Waals surface area contributed by atoms with Gasteiger partial charge >= 0.3 is 0 Å². The summed E-state index contributed by atoms with van der Waals surface area (Å²) in [5.74, 6) is 0.257. The van der Waals surface area contributed by atoms with Crippen molar-refractivity contribution >= 4 is 23.7 Å². The van der Waals surface area contributed by atoms with E-state index in [2.05, 4.69) is 37.3 Å². The van der Waals surface area contributed by atoms with Gasteiger partial charge in [0, 0.05) is 5.92 Å². The van der Waals surface area contributed by atoms with Crippen molar-refractivity contribution in [1.29, 1.82) is 0 Å². The Hall–Kier alpha value is -2.35. The molecule has 0 spiro atoms. The Balaban J connectivity index is 2.07. The lowest BCUT2D eigenvalue weighted by molar-refractivity contribution is -0.122. The van der Waals surface area contributed by atoms with Crippen molar-refractivity contribution in [3.8, 4) is 0 Å². The van der Waals surface area contributed by atoms with Crippen molar-refractivity contribution < 1.29 is 4.79 Å². The predicted molar refractivity (Wildman–Crippen MR) is 97.1 cm³/mol. The Morgan fingerprint density at radius 1 is 1.04 bits per heavy atom. The topological polar surface area (TPSA) is 20.3 Å². The second kappa shape index (κ2) is 6.82. The normalized spacial score (nSPS) is 15.8. The highest BCUT2D eigenvalue weighted by atomic mass is 16.2. The molecule has 0 fully saturated rings. The minimum atomic E-state index is 0.0450. The third-order valence-corrected chi connectivity index (χ3v) is 4.46. The summed E-state index contributed by atoms with van der Waals surface area (Å²) in [6.45, 7) is 4.79. The summed E-state index contributed by atoms with van der Waals surface area (Å²) in [4.78, 5) is 15.0. The molecule has 2 aromatic carbocycles. The fraction of sp³-hybridized carbons (Fsp3) is 0.286. The van der Waals surface area contributed by atoms with Gasteiger partial charge in [-0.1, -0.05) is 74.9 Å². The van der Waals surface area contributed by atoms with Crippen LogP contribution in [0.25, 0.3) is 12.2 Å². The maximum atomic E-state index is 13.0. The summed E-state index contributed by atoms with van der Waals surface area (Å²) in [6, 6.07) is 16.5. The molecule has 1 heterocycles. The number of amides is 1. The zero-order chi connectivity index (χ0) is 16.2. The molecule has 1 unspecified atom stereocenters. The van der Waals surface area contributed by atoms with E-state index in [-0.39, 0.29) is 11.8 Å². The molecule has 1 aliphatic rings. The third-order valence-electron chi connectivity index (χ3n) is 4.46. The first-order valence-corrected chi connectivity index (χ1v) is 8.37. The van der Waals surface area contributed by atoms with Crippen LogP contribution in [0.4, 0.5) is 5.69 Å². The molecule has 1 aliphatic heterocycles. The molecule has 1 amide bonds. The Morgan fingerprint density at radius 2 is 1.70 bits per heavy atom. The van der Waals surface area contributed by atoms with Gasteiger partial charge in [-0.2, -0.15) is 0 Å². The van der Waals surface area contributed by atoms with Crippen LogP contribution >= 0.6 is 0 Å². The highest BCUT2D eigenvalue weighted by Crippen LogP contribution is 2.30. The molecular formula is C21H23NO. The van der Waals surface area contributed by atoms with E-state index in [1.54, 1.807) is 0 Å². The highest BCUT2D eigenvalue weighted by molar-refractivity contribution is 5.98. The highest BCUT2D eigenvalue weighted by Gasteiger charge is 2.24. The number of benzene rings is 2. The van der Waals surface area contributed by atoms with Crippen LogP contribution < -0.4 is 4.90 Å². The van der Waals surface area contributed by atoms with E-state index in [1.807, 2.05) is 42.2 Å². The third kappa shape index (κ3) is 3.21. The molecule has 0 saturated carbocycles. The lowest BCUT2D eigenvalue weighted by Crippen LogP contribution is -2.35. The summed E-state index contributed by atoms with van der Waals surface area (Å²) < 4.78 is 0. The van der Waals surface area contributed by atoms with Crippen LogP contribution in [-0.4, -0.2) is 5.91 Å². The van der Waals surface area contributed by atoms with Crippen LogP contribution in [0, 0.1) is 5.92 Å². The van der Waals surface area contributed by atoms with E-state index in [1.165, 1.54) is 11.1 Å². The number of rotatable bonds is 3. The number of fused-ring (bicyclic) bond motifs is 2. The van der Waals surface area contributed by atoms with Crippen molar-refractivity contribution in [3.63, 3.8) is 0 Å².